The molecule has 0 unspecified atom stereocenters. The minimum Gasteiger partial charge on any atom is -0.478 e. The Hall–Kier alpha value is -1.36. The largest absolute Gasteiger partial charge is 0.478 e. The molecule has 5 nitrogen and oxygen atoms in total. The van der Waals surface area contributed by atoms with Crippen molar-refractivity contribution >= 4 is 5.82 Å². The van der Waals surface area contributed by atoms with Crippen LogP contribution in [0.15, 0.2) is 6.07 Å². The number of rotatable bonds is 6. The van der Waals surface area contributed by atoms with Crippen LogP contribution in [0.4, 0.5) is 5.82 Å². The van der Waals surface area contributed by atoms with Crippen LogP contribution in [0.25, 0.3) is 0 Å². The summed E-state index contributed by atoms with van der Waals surface area (Å²) in [4.78, 5) is 8.64. The van der Waals surface area contributed by atoms with E-state index in [0.29, 0.717) is 12.5 Å². The maximum atomic E-state index is 5.94. The van der Waals surface area contributed by atoms with Crippen LogP contribution in [0.3, 0.4) is 0 Å². The first-order valence-corrected chi connectivity index (χ1v) is 7.10. The second-order valence-corrected chi connectivity index (χ2v) is 5.34. The Morgan fingerprint density at radius 3 is 2.74 bits per heavy atom. The average Bonchev–Trinajstić information content (AvgIpc) is 2.86. The highest BCUT2D eigenvalue weighted by Gasteiger charge is 2.32. The number of aromatic nitrogens is 2. The molecule has 1 aliphatic carbocycles. The minimum atomic E-state index is 0.241. The third kappa shape index (κ3) is 3.56. The number of ether oxygens (including phenoxy) is 1. The summed E-state index contributed by atoms with van der Waals surface area (Å²) in [7, 11) is 0. The Labute approximate surface area is 115 Å². The van der Waals surface area contributed by atoms with Crippen molar-refractivity contribution in [3.8, 4) is 5.88 Å². The normalized spacial score (nSPS) is 17.4. The Morgan fingerprint density at radius 2 is 2.11 bits per heavy atom. The van der Waals surface area contributed by atoms with E-state index in [0.717, 1.165) is 24.7 Å². The van der Waals surface area contributed by atoms with Gasteiger partial charge < -0.3 is 15.8 Å². The maximum absolute atomic E-state index is 5.94. The van der Waals surface area contributed by atoms with Crippen LogP contribution in [-0.2, 0) is 0 Å². The monoisotopic (exact) mass is 264 g/mol. The van der Waals surface area contributed by atoms with Gasteiger partial charge in [-0.1, -0.05) is 12.8 Å². The molecule has 0 spiro atoms. The summed E-state index contributed by atoms with van der Waals surface area (Å²) in [5.74, 6) is 2.18. The quantitative estimate of drug-likeness (QED) is 0.823. The number of aryl methyl sites for hydroxylation is 1. The number of hydrogen-bond donors (Lipinski definition) is 2. The first kappa shape index (κ1) is 14.1. The van der Waals surface area contributed by atoms with Gasteiger partial charge in [-0.15, -0.1) is 0 Å². The first-order chi connectivity index (χ1) is 9.17. The molecule has 0 radical (unpaired) electrons. The fourth-order valence-corrected chi connectivity index (χ4v) is 2.71. The SMILES string of the molecule is CCOc1cc(NCC2(CN)CCCC2)nc(C)n1. The number of nitrogens with one attached hydrogen (secondary N) is 1. The van der Waals surface area contributed by atoms with Gasteiger partial charge in [0.05, 0.1) is 6.61 Å². The molecule has 1 fully saturated rings. The Bertz CT molecular complexity index is 416. The number of anilines is 1. The molecule has 0 amide bonds. The number of hydrogen-bond acceptors (Lipinski definition) is 5. The van der Waals surface area contributed by atoms with Gasteiger partial charge in [0.25, 0.3) is 0 Å². The van der Waals surface area contributed by atoms with Crippen molar-refractivity contribution in [1.82, 2.24) is 9.97 Å². The smallest absolute Gasteiger partial charge is 0.218 e. The van der Waals surface area contributed by atoms with Gasteiger partial charge in [-0.3, -0.25) is 0 Å². The van der Waals surface area contributed by atoms with Crippen molar-refractivity contribution in [1.29, 1.82) is 0 Å². The van der Waals surface area contributed by atoms with Crippen molar-refractivity contribution < 1.29 is 4.74 Å². The molecule has 0 bridgehead atoms. The standard InChI is InChI=1S/C14H24N4O/c1-3-19-13-8-12(17-11(2)18-13)16-10-14(9-15)6-4-5-7-14/h8H,3-7,9-10,15H2,1-2H3,(H,16,17,18). The molecule has 1 aromatic heterocycles. The van der Waals surface area contributed by atoms with Crippen molar-refractivity contribution in [3.63, 3.8) is 0 Å². The van der Waals surface area contributed by atoms with Gasteiger partial charge in [-0.2, -0.15) is 4.98 Å². The second kappa shape index (κ2) is 6.19. The lowest BCUT2D eigenvalue weighted by Crippen LogP contribution is -2.34. The van der Waals surface area contributed by atoms with Gasteiger partial charge in [-0.25, -0.2) is 4.98 Å². The van der Waals surface area contributed by atoms with E-state index >= 15 is 0 Å². The Kier molecular flexibility index (Phi) is 4.58. The van der Waals surface area contributed by atoms with Crippen molar-refractivity contribution in [2.24, 2.45) is 11.1 Å². The van der Waals surface area contributed by atoms with Crippen LogP contribution < -0.4 is 15.8 Å². The van der Waals surface area contributed by atoms with Crippen molar-refractivity contribution in [3.05, 3.63) is 11.9 Å². The van der Waals surface area contributed by atoms with E-state index in [1.165, 1.54) is 25.7 Å². The van der Waals surface area contributed by atoms with E-state index in [2.05, 4.69) is 15.3 Å². The van der Waals surface area contributed by atoms with Gasteiger partial charge in [0, 0.05) is 12.6 Å². The highest BCUT2D eigenvalue weighted by molar-refractivity contribution is 5.38. The summed E-state index contributed by atoms with van der Waals surface area (Å²) >= 11 is 0. The van der Waals surface area contributed by atoms with E-state index in [4.69, 9.17) is 10.5 Å². The van der Waals surface area contributed by atoms with Gasteiger partial charge in [0.15, 0.2) is 0 Å². The van der Waals surface area contributed by atoms with Crippen molar-refractivity contribution in [2.45, 2.75) is 39.5 Å². The topological polar surface area (TPSA) is 73.1 Å². The predicted molar refractivity (Wildman–Crippen MR) is 76.4 cm³/mol. The number of nitrogens with zero attached hydrogens (tertiary/aromatic N) is 2. The summed E-state index contributed by atoms with van der Waals surface area (Å²) < 4.78 is 5.43. The lowest BCUT2D eigenvalue weighted by atomic mass is 9.86. The minimum absolute atomic E-state index is 0.241. The van der Waals surface area contributed by atoms with Gasteiger partial charge in [0.1, 0.15) is 11.6 Å². The van der Waals surface area contributed by atoms with E-state index in [9.17, 15) is 0 Å². The van der Waals surface area contributed by atoms with E-state index in [1.807, 2.05) is 19.9 Å². The van der Waals surface area contributed by atoms with E-state index < -0.39 is 0 Å². The first-order valence-electron chi connectivity index (χ1n) is 7.10. The molecule has 0 aromatic carbocycles. The molecule has 1 heterocycles. The summed E-state index contributed by atoms with van der Waals surface area (Å²) in [6.07, 6.45) is 4.98. The van der Waals surface area contributed by atoms with Gasteiger partial charge in [-0.05, 0) is 38.6 Å². The van der Waals surface area contributed by atoms with Crippen LogP contribution >= 0.6 is 0 Å². The molecule has 2 rings (SSSR count). The zero-order valence-corrected chi connectivity index (χ0v) is 11.9. The fourth-order valence-electron chi connectivity index (χ4n) is 2.71. The van der Waals surface area contributed by atoms with Crippen LogP contribution in [0.5, 0.6) is 5.88 Å². The Morgan fingerprint density at radius 1 is 1.37 bits per heavy atom. The molecule has 0 aliphatic heterocycles. The zero-order valence-electron chi connectivity index (χ0n) is 11.9. The summed E-state index contributed by atoms with van der Waals surface area (Å²) in [6.45, 7) is 6.06. The third-order valence-corrected chi connectivity index (χ3v) is 3.85. The molecule has 0 saturated heterocycles. The lowest BCUT2D eigenvalue weighted by molar-refractivity contribution is 0.324. The van der Waals surface area contributed by atoms with Crippen LogP contribution in [0, 0.1) is 12.3 Å². The molecule has 106 valence electrons. The number of nitrogens with two attached hydrogens (primary N) is 1. The van der Waals surface area contributed by atoms with Crippen molar-refractivity contribution in [2.75, 3.05) is 25.0 Å². The Balaban J connectivity index is 2.02. The molecular formula is C14H24N4O. The van der Waals surface area contributed by atoms with E-state index in [-0.39, 0.29) is 5.41 Å². The van der Waals surface area contributed by atoms with Crippen LogP contribution in [-0.4, -0.2) is 29.7 Å². The van der Waals surface area contributed by atoms with Crippen LogP contribution in [0.1, 0.15) is 38.4 Å². The third-order valence-electron chi connectivity index (χ3n) is 3.85. The molecule has 1 saturated carbocycles. The van der Waals surface area contributed by atoms with E-state index in [1.54, 1.807) is 0 Å². The second-order valence-electron chi connectivity index (χ2n) is 5.34. The van der Waals surface area contributed by atoms with Crippen LogP contribution in [0.2, 0.25) is 0 Å². The zero-order chi connectivity index (χ0) is 13.7. The lowest BCUT2D eigenvalue weighted by Gasteiger charge is -2.27. The predicted octanol–water partition coefficient (Wildman–Crippen LogP) is 2.11. The molecule has 19 heavy (non-hydrogen) atoms. The maximum Gasteiger partial charge on any atom is 0.218 e. The highest BCUT2D eigenvalue weighted by Crippen LogP contribution is 2.37. The average molecular weight is 264 g/mol. The summed E-state index contributed by atoms with van der Waals surface area (Å²) in [6, 6.07) is 1.86. The molecule has 3 N–H and O–H groups in total. The molecule has 1 aliphatic rings. The molecule has 1 aromatic rings. The fraction of sp³-hybridized carbons (Fsp3) is 0.714. The molecular weight excluding hydrogens is 240 g/mol. The molecule has 0 atom stereocenters. The highest BCUT2D eigenvalue weighted by atomic mass is 16.5. The van der Waals surface area contributed by atoms with Gasteiger partial charge >= 0.3 is 0 Å². The summed E-state index contributed by atoms with van der Waals surface area (Å²) in [5, 5.41) is 3.41. The summed E-state index contributed by atoms with van der Waals surface area (Å²) in [5.41, 5.74) is 6.18. The van der Waals surface area contributed by atoms with Gasteiger partial charge in [0.2, 0.25) is 5.88 Å². The molecule has 5 heteroatoms.